The summed E-state index contributed by atoms with van der Waals surface area (Å²) in [5.74, 6) is 0. The van der Waals surface area contributed by atoms with E-state index in [1.807, 2.05) is 19.9 Å². The van der Waals surface area contributed by atoms with Crippen molar-refractivity contribution in [2.45, 2.75) is 59.2 Å². The molecule has 0 saturated carbocycles. The van der Waals surface area contributed by atoms with Gasteiger partial charge in [-0.15, -0.1) is 0 Å². The van der Waals surface area contributed by atoms with E-state index in [1.165, 1.54) is 0 Å². The first-order valence-corrected chi connectivity index (χ1v) is 7.42. The SMILES string of the molecule is CCCOCOC=CCCCCC(OCC)OCC. The van der Waals surface area contributed by atoms with E-state index >= 15 is 0 Å². The Morgan fingerprint density at radius 1 is 1.00 bits per heavy atom. The lowest BCUT2D eigenvalue weighted by Gasteiger charge is -2.16. The zero-order valence-corrected chi connectivity index (χ0v) is 12.7. The van der Waals surface area contributed by atoms with Crippen molar-refractivity contribution in [3.05, 3.63) is 12.3 Å². The molecule has 0 N–H and O–H groups in total. The zero-order valence-electron chi connectivity index (χ0n) is 12.7. The van der Waals surface area contributed by atoms with Gasteiger partial charge in [-0.05, 0) is 52.0 Å². The highest BCUT2D eigenvalue weighted by Gasteiger charge is 2.06. The predicted molar refractivity (Wildman–Crippen MR) is 76.8 cm³/mol. The molecule has 0 rings (SSSR count). The van der Waals surface area contributed by atoms with Crippen LogP contribution in [0.3, 0.4) is 0 Å². The van der Waals surface area contributed by atoms with Crippen LogP contribution in [0, 0.1) is 0 Å². The van der Waals surface area contributed by atoms with Crippen LogP contribution < -0.4 is 0 Å². The molecule has 0 atom stereocenters. The van der Waals surface area contributed by atoms with Crippen molar-refractivity contribution < 1.29 is 18.9 Å². The van der Waals surface area contributed by atoms with Gasteiger partial charge in [0.2, 0.25) is 0 Å². The second-order valence-corrected chi connectivity index (χ2v) is 4.19. The molecule has 0 aliphatic rings. The van der Waals surface area contributed by atoms with Gasteiger partial charge in [0.1, 0.15) is 0 Å². The molecule has 0 aromatic heterocycles. The Balaban J connectivity index is 3.34. The fourth-order valence-electron chi connectivity index (χ4n) is 1.59. The average molecular weight is 274 g/mol. The van der Waals surface area contributed by atoms with Gasteiger partial charge in [0.15, 0.2) is 13.1 Å². The molecule has 0 aromatic carbocycles. The normalized spacial score (nSPS) is 11.6. The molecule has 0 spiro atoms. The molecule has 0 bridgehead atoms. The van der Waals surface area contributed by atoms with E-state index in [2.05, 4.69) is 6.92 Å². The van der Waals surface area contributed by atoms with Crippen LogP contribution >= 0.6 is 0 Å². The van der Waals surface area contributed by atoms with E-state index in [1.54, 1.807) is 6.26 Å². The van der Waals surface area contributed by atoms with Gasteiger partial charge in [0.05, 0.1) is 12.9 Å². The number of rotatable bonds is 14. The van der Waals surface area contributed by atoms with Crippen LogP contribution in [0.2, 0.25) is 0 Å². The molecule has 4 heteroatoms. The third-order valence-corrected chi connectivity index (χ3v) is 2.46. The maximum Gasteiger partial charge on any atom is 0.188 e. The van der Waals surface area contributed by atoms with Crippen LogP contribution in [-0.4, -0.2) is 32.9 Å². The second-order valence-electron chi connectivity index (χ2n) is 4.19. The zero-order chi connectivity index (χ0) is 14.2. The smallest absolute Gasteiger partial charge is 0.188 e. The molecule has 0 aliphatic heterocycles. The van der Waals surface area contributed by atoms with Crippen molar-refractivity contribution in [3.63, 3.8) is 0 Å². The first kappa shape index (κ1) is 18.4. The van der Waals surface area contributed by atoms with Crippen LogP contribution in [0.25, 0.3) is 0 Å². The molecule has 0 amide bonds. The van der Waals surface area contributed by atoms with Crippen LogP contribution in [0.15, 0.2) is 12.3 Å². The average Bonchev–Trinajstić information content (AvgIpc) is 2.41. The molecule has 0 aromatic rings. The first-order chi connectivity index (χ1) is 9.35. The van der Waals surface area contributed by atoms with Crippen molar-refractivity contribution in [1.29, 1.82) is 0 Å². The molecule has 0 fully saturated rings. The Labute approximate surface area is 118 Å². The number of hydrogen-bond donors (Lipinski definition) is 0. The Hall–Kier alpha value is -0.580. The molecule has 0 aliphatic carbocycles. The maximum atomic E-state index is 5.48. The number of hydrogen-bond acceptors (Lipinski definition) is 4. The van der Waals surface area contributed by atoms with E-state index < -0.39 is 0 Å². The van der Waals surface area contributed by atoms with Crippen LogP contribution in [0.5, 0.6) is 0 Å². The Morgan fingerprint density at radius 2 is 1.74 bits per heavy atom. The van der Waals surface area contributed by atoms with Gasteiger partial charge in [-0.3, -0.25) is 0 Å². The van der Waals surface area contributed by atoms with E-state index in [-0.39, 0.29) is 6.29 Å². The summed E-state index contributed by atoms with van der Waals surface area (Å²) in [7, 11) is 0. The standard InChI is InChI=1S/C15H30O4/c1-4-12-16-14-17-13-10-8-7-9-11-15(18-5-2)19-6-3/h10,13,15H,4-9,11-12,14H2,1-3H3. The van der Waals surface area contributed by atoms with Gasteiger partial charge in [-0.25, -0.2) is 0 Å². The monoisotopic (exact) mass is 274 g/mol. The predicted octanol–water partition coefficient (Wildman–Crippen LogP) is 3.86. The third-order valence-electron chi connectivity index (χ3n) is 2.46. The summed E-state index contributed by atoms with van der Waals surface area (Å²) in [6.07, 6.45) is 8.91. The molecule has 0 saturated heterocycles. The minimum absolute atomic E-state index is 0.0438. The van der Waals surface area contributed by atoms with Gasteiger partial charge in [0.25, 0.3) is 0 Å². The summed E-state index contributed by atoms with van der Waals surface area (Å²) in [6.45, 7) is 8.57. The van der Waals surface area contributed by atoms with Crippen molar-refractivity contribution in [2.75, 3.05) is 26.6 Å². The van der Waals surface area contributed by atoms with E-state index in [4.69, 9.17) is 18.9 Å². The Morgan fingerprint density at radius 3 is 2.37 bits per heavy atom. The summed E-state index contributed by atoms with van der Waals surface area (Å²) >= 11 is 0. The minimum atomic E-state index is -0.0438. The van der Waals surface area contributed by atoms with Crippen molar-refractivity contribution in [1.82, 2.24) is 0 Å². The lowest BCUT2D eigenvalue weighted by atomic mass is 10.2. The highest BCUT2D eigenvalue weighted by Crippen LogP contribution is 2.08. The summed E-state index contributed by atoms with van der Waals surface area (Å²) < 4.78 is 21.3. The van der Waals surface area contributed by atoms with Gasteiger partial charge in [-0.2, -0.15) is 0 Å². The maximum absolute atomic E-state index is 5.48. The largest absolute Gasteiger partial charge is 0.475 e. The molecule has 0 radical (unpaired) electrons. The van der Waals surface area contributed by atoms with E-state index in [0.717, 1.165) is 38.7 Å². The summed E-state index contributed by atoms with van der Waals surface area (Å²) in [6, 6.07) is 0. The van der Waals surface area contributed by atoms with Crippen molar-refractivity contribution in [2.24, 2.45) is 0 Å². The lowest BCUT2D eigenvalue weighted by molar-refractivity contribution is -0.140. The minimum Gasteiger partial charge on any atom is -0.475 e. The molecule has 114 valence electrons. The first-order valence-electron chi connectivity index (χ1n) is 7.42. The topological polar surface area (TPSA) is 36.9 Å². The summed E-state index contributed by atoms with van der Waals surface area (Å²) in [5.41, 5.74) is 0. The summed E-state index contributed by atoms with van der Waals surface area (Å²) in [5, 5.41) is 0. The van der Waals surface area contributed by atoms with Gasteiger partial charge >= 0.3 is 0 Å². The Bertz CT molecular complexity index is 189. The second kappa shape index (κ2) is 15.5. The number of ether oxygens (including phenoxy) is 4. The highest BCUT2D eigenvalue weighted by atomic mass is 16.7. The molecular formula is C15H30O4. The van der Waals surface area contributed by atoms with E-state index in [9.17, 15) is 0 Å². The number of allylic oxidation sites excluding steroid dienone is 1. The van der Waals surface area contributed by atoms with Crippen LogP contribution in [0.4, 0.5) is 0 Å². The molecule has 0 heterocycles. The van der Waals surface area contributed by atoms with Gasteiger partial charge in [-0.1, -0.05) is 6.92 Å². The summed E-state index contributed by atoms with van der Waals surface area (Å²) in [4.78, 5) is 0. The number of unbranched alkanes of at least 4 members (excludes halogenated alkanes) is 2. The van der Waals surface area contributed by atoms with Crippen LogP contribution in [-0.2, 0) is 18.9 Å². The van der Waals surface area contributed by atoms with E-state index in [0.29, 0.717) is 20.0 Å². The van der Waals surface area contributed by atoms with Crippen molar-refractivity contribution >= 4 is 0 Å². The third kappa shape index (κ3) is 13.6. The van der Waals surface area contributed by atoms with Gasteiger partial charge < -0.3 is 18.9 Å². The molecule has 4 nitrogen and oxygen atoms in total. The van der Waals surface area contributed by atoms with Crippen molar-refractivity contribution in [3.8, 4) is 0 Å². The van der Waals surface area contributed by atoms with Gasteiger partial charge in [0, 0.05) is 13.2 Å². The van der Waals surface area contributed by atoms with Crippen LogP contribution in [0.1, 0.15) is 52.9 Å². The highest BCUT2D eigenvalue weighted by molar-refractivity contribution is 4.72. The Kier molecular flexibility index (Phi) is 15.0. The lowest BCUT2D eigenvalue weighted by Crippen LogP contribution is -2.17. The fourth-order valence-corrected chi connectivity index (χ4v) is 1.59. The fraction of sp³-hybridized carbons (Fsp3) is 0.867. The molecule has 19 heavy (non-hydrogen) atoms. The quantitative estimate of drug-likeness (QED) is 0.274. The molecule has 0 unspecified atom stereocenters. The molecular weight excluding hydrogens is 244 g/mol.